The van der Waals surface area contributed by atoms with Crippen molar-refractivity contribution in [3.63, 3.8) is 0 Å². The molecule has 92 valence electrons. The van der Waals surface area contributed by atoms with Crippen LogP contribution in [0, 0.1) is 0 Å². The monoisotopic (exact) mass is 316 g/mol. The Morgan fingerprint density at radius 2 is 2.18 bits per heavy atom. The molecule has 0 aliphatic carbocycles. The molecule has 0 amide bonds. The molecule has 2 aliphatic heterocycles. The number of thioether (sulfide) groups is 1. The van der Waals surface area contributed by atoms with E-state index >= 15 is 0 Å². The normalized spacial score (nSPS) is 22.8. The third-order valence-corrected chi connectivity index (χ3v) is 4.77. The lowest BCUT2D eigenvalue weighted by Gasteiger charge is -2.25. The van der Waals surface area contributed by atoms with Crippen molar-refractivity contribution < 1.29 is 14.6 Å². The maximum Gasteiger partial charge on any atom is 0.167 e. The van der Waals surface area contributed by atoms with Gasteiger partial charge in [-0.2, -0.15) is 11.8 Å². The van der Waals surface area contributed by atoms with E-state index in [1.54, 1.807) is 0 Å². The molecule has 1 aromatic rings. The second-order valence-corrected chi connectivity index (χ2v) is 6.09. The fourth-order valence-corrected chi connectivity index (χ4v) is 4.03. The number of rotatable bonds is 0. The third kappa shape index (κ3) is 2.04. The number of hydrogen-bond donors (Lipinski definition) is 1. The number of benzene rings is 1. The Balaban J connectivity index is 2.19. The van der Waals surface area contributed by atoms with Crippen LogP contribution in [0.15, 0.2) is 10.5 Å². The quantitative estimate of drug-likeness (QED) is 0.798. The van der Waals surface area contributed by atoms with Crippen molar-refractivity contribution in [1.29, 1.82) is 0 Å². The molecule has 1 unspecified atom stereocenters. The number of aliphatic hydroxyl groups excluding tert-OH is 1. The zero-order valence-electron chi connectivity index (χ0n) is 9.24. The van der Waals surface area contributed by atoms with Crippen molar-refractivity contribution >= 4 is 27.7 Å². The van der Waals surface area contributed by atoms with Crippen LogP contribution in [0.2, 0.25) is 0 Å². The summed E-state index contributed by atoms with van der Waals surface area (Å²) in [4.78, 5) is 0. The van der Waals surface area contributed by atoms with Gasteiger partial charge in [0.1, 0.15) is 13.2 Å². The largest absolute Gasteiger partial charge is 0.486 e. The van der Waals surface area contributed by atoms with Crippen LogP contribution in [0.4, 0.5) is 0 Å². The van der Waals surface area contributed by atoms with Crippen LogP contribution >= 0.6 is 27.7 Å². The van der Waals surface area contributed by atoms with E-state index in [1.165, 1.54) is 0 Å². The van der Waals surface area contributed by atoms with Crippen molar-refractivity contribution in [1.82, 2.24) is 0 Å². The van der Waals surface area contributed by atoms with Crippen LogP contribution in [0.25, 0.3) is 0 Å². The van der Waals surface area contributed by atoms with E-state index in [2.05, 4.69) is 15.9 Å². The molecular weight excluding hydrogens is 304 g/mol. The molecule has 0 fully saturated rings. The van der Waals surface area contributed by atoms with E-state index in [9.17, 15) is 5.11 Å². The molecule has 5 heteroatoms. The maximum atomic E-state index is 10.3. The fraction of sp³-hybridized carbons (Fsp3) is 0.500. The summed E-state index contributed by atoms with van der Waals surface area (Å²) < 4.78 is 12.3. The fourth-order valence-electron chi connectivity index (χ4n) is 2.23. The lowest BCUT2D eigenvalue weighted by atomic mass is 9.99. The molecule has 1 N–H and O–H groups in total. The van der Waals surface area contributed by atoms with Gasteiger partial charge in [-0.05, 0) is 23.8 Å². The summed E-state index contributed by atoms with van der Waals surface area (Å²) >= 11 is 5.40. The van der Waals surface area contributed by atoms with Gasteiger partial charge in [-0.3, -0.25) is 0 Å². The first-order valence-corrected chi connectivity index (χ1v) is 7.59. The molecule has 2 aliphatic rings. The smallest absolute Gasteiger partial charge is 0.167 e. The van der Waals surface area contributed by atoms with Gasteiger partial charge in [0.15, 0.2) is 11.5 Å². The van der Waals surface area contributed by atoms with Crippen molar-refractivity contribution in [2.24, 2.45) is 0 Å². The van der Waals surface area contributed by atoms with Crippen molar-refractivity contribution in [2.45, 2.75) is 18.3 Å². The highest BCUT2D eigenvalue weighted by molar-refractivity contribution is 9.10. The Labute approximate surface area is 113 Å². The molecule has 3 rings (SSSR count). The van der Waals surface area contributed by atoms with Crippen molar-refractivity contribution in [3.8, 4) is 11.5 Å². The summed E-state index contributed by atoms with van der Waals surface area (Å²) in [5.74, 6) is 3.36. The number of aliphatic hydroxyl groups is 1. The van der Waals surface area contributed by atoms with Gasteiger partial charge in [0.05, 0.1) is 6.10 Å². The molecule has 0 bridgehead atoms. The predicted octanol–water partition coefficient (Wildman–Crippen LogP) is 2.89. The zero-order valence-corrected chi connectivity index (χ0v) is 11.6. The van der Waals surface area contributed by atoms with Gasteiger partial charge in [-0.1, -0.05) is 15.9 Å². The van der Waals surface area contributed by atoms with Crippen molar-refractivity contribution in [3.05, 3.63) is 21.7 Å². The molecule has 2 heterocycles. The van der Waals surface area contributed by atoms with Gasteiger partial charge in [0.2, 0.25) is 0 Å². The zero-order chi connectivity index (χ0) is 11.8. The average molecular weight is 317 g/mol. The summed E-state index contributed by atoms with van der Waals surface area (Å²) in [5, 5.41) is 10.3. The first-order chi connectivity index (χ1) is 8.27. The molecule has 3 nitrogen and oxygen atoms in total. The number of fused-ring (bicyclic) bond motifs is 3. The minimum atomic E-state index is -0.451. The third-order valence-electron chi connectivity index (χ3n) is 3.04. The van der Waals surface area contributed by atoms with Gasteiger partial charge in [-0.25, -0.2) is 0 Å². The SMILES string of the molecule is OC1CCSCc2c(Br)cc3c(c21)OCCO3. The van der Waals surface area contributed by atoms with Crippen LogP contribution in [-0.2, 0) is 5.75 Å². The van der Waals surface area contributed by atoms with E-state index in [1.807, 2.05) is 17.8 Å². The lowest BCUT2D eigenvalue weighted by molar-refractivity contribution is 0.144. The standard InChI is InChI=1S/C12H13BrO3S/c13-8-5-10-12(16-3-2-15-10)11-7(8)6-17-4-1-9(11)14/h5,9,14H,1-4,6H2. The highest BCUT2D eigenvalue weighted by Gasteiger charge is 2.28. The maximum absolute atomic E-state index is 10.3. The molecule has 0 saturated carbocycles. The topological polar surface area (TPSA) is 38.7 Å². The van der Waals surface area contributed by atoms with E-state index < -0.39 is 6.10 Å². The molecular formula is C12H13BrO3S. The second-order valence-electron chi connectivity index (χ2n) is 4.13. The molecule has 1 atom stereocenters. The Morgan fingerprint density at radius 3 is 3.06 bits per heavy atom. The molecule has 0 spiro atoms. The predicted molar refractivity (Wildman–Crippen MR) is 70.9 cm³/mol. The molecule has 0 aromatic heterocycles. The van der Waals surface area contributed by atoms with Gasteiger partial charge >= 0.3 is 0 Å². The number of hydrogen-bond acceptors (Lipinski definition) is 4. The van der Waals surface area contributed by atoms with Gasteiger partial charge in [0.25, 0.3) is 0 Å². The van der Waals surface area contributed by atoms with Crippen LogP contribution < -0.4 is 9.47 Å². The van der Waals surface area contributed by atoms with E-state index in [0.29, 0.717) is 13.2 Å². The van der Waals surface area contributed by atoms with Crippen LogP contribution in [0.3, 0.4) is 0 Å². The minimum Gasteiger partial charge on any atom is -0.486 e. The highest BCUT2D eigenvalue weighted by Crippen LogP contribution is 2.46. The molecule has 17 heavy (non-hydrogen) atoms. The van der Waals surface area contributed by atoms with E-state index in [4.69, 9.17) is 9.47 Å². The summed E-state index contributed by atoms with van der Waals surface area (Å²) in [5.41, 5.74) is 2.06. The van der Waals surface area contributed by atoms with Gasteiger partial charge in [0, 0.05) is 15.8 Å². The van der Waals surface area contributed by atoms with Crippen LogP contribution in [-0.4, -0.2) is 24.1 Å². The Hall–Kier alpha value is -0.390. The number of ether oxygens (including phenoxy) is 2. The summed E-state index contributed by atoms with van der Waals surface area (Å²) in [7, 11) is 0. The summed E-state index contributed by atoms with van der Waals surface area (Å²) in [6, 6.07) is 1.95. The van der Waals surface area contributed by atoms with Crippen LogP contribution in [0.5, 0.6) is 11.5 Å². The molecule has 1 aromatic carbocycles. The van der Waals surface area contributed by atoms with Crippen LogP contribution in [0.1, 0.15) is 23.7 Å². The molecule has 0 radical (unpaired) electrons. The first kappa shape index (κ1) is 11.7. The van der Waals surface area contributed by atoms with Crippen molar-refractivity contribution in [2.75, 3.05) is 19.0 Å². The molecule has 0 saturated heterocycles. The van der Waals surface area contributed by atoms with Gasteiger partial charge in [-0.15, -0.1) is 0 Å². The Kier molecular flexibility index (Phi) is 3.23. The minimum absolute atomic E-state index is 0.451. The van der Waals surface area contributed by atoms with E-state index in [0.717, 1.165) is 45.0 Å². The average Bonchev–Trinajstić information content (AvgIpc) is 2.52. The second kappa shape index (κ2) is 4.71. The lowest BCUT2D eigenvalue weighted by Crippen LogP contribution is -2.18. The summed E-state index contributed by atoms with van der Waals surface area (Å²) in [6.45, 7) is 1.13. The highest BCUT2D eigenvalue weighted by atomic mass is 79.9. The van der Waals surface area contributed by atoms with Gasteiger partial charge < -0.3 is 14.6 Å². The Morgan fingerprint density at radius 1 is 1.35 bits per heavy atom. The van der Waals surface area contributed by atoms with E-state index in [-0.39, 0.29) is 0 Å². The first-order valence-electron chi connectivity index (χ1n) is 5.64. The Bertz CT molecular complexity index is 450. The number of halogens is 1. The summed E-state index contributed by atoms with van der Waals surface area (Å²) in [6.07, 6.45) is 0.317.